The zero-order valence-electron chi connectivity index (χ0n) is 10.4. The lowest BCUT2D eigenvalue weighted by molar-refractivity contribution is -0.124. The fourth-order valence-electron chi connectivity index (χ4n) is 2.12. The maximum Gasteiger partial charge on any atom is 0.210 e. The highest BCUT2D eigenvalue weighted by Crippen LogP contribution is 2.44. The van der Waals surface area contributed by atoms with Crippen LogP contribution in [0.4, 0.5) is 0 Å². The van der Waals surface area contributed by atoms with Gasteiger partial charge in [-0.15, -0.1) is 0 Å². The van der Waals surface area contributed by atoms with Gasteiger partial charge < -0.3 is 4.90 Å². The smallest absolute Gasteiger partial charge is 0.210 e. The molecule has 1 aromatic rings. The van der Waals surface area contributed by atoms with Gasteiger partial charge in [-0.2, -0.15) is 0 Å². The van der Waals surface area contributed by atoms with E-state index in [1.54, 1.807) is 0 Å². The van der Waals surface area contributed by atoms with E-state index in [1.165, 1.54) is 29.2 Å². The Morgan fingerprint density at radius 1 is 1.35 bits per heavy atom. The van der Waals surface area contributed by atoms with Crippen molar-refractivity contribution in [3.63, 3.8) is 0 Å². The number of hydrogen-bond donors (Lipinski definition) is 0. The Morgan fingerprint density at radius 2 is 1.90 bits per heavy atom. The first kappa shape index (κ1) is 15.3. The van der Waals surface area contributed by atoms with Crippen molar-refractivity contribution < 1.29 is 18.0 Å². The van der Waals surface area contributed by atoms with Crippen molar-refractivity contribution in [2.24, 2.45) is 0 Å². The standard InChI is InChI=1S/C12H11Cl2NO4S/c1-20(18,19)9-4-2-8(3-5-9)12(6-15(12)7-16)10(17)11(13)14/h2-5,7,11H,6H2,1H3. The SMILES string of the molecule is CS(=O)(=O)c1ccc(C2(C(=O)C(Cl)Cl)CN2C=O)cc1. The van der Waals surface area contributed by atoms with Gasteiger partial charge >= 0.3 is 0 Å². The molecule has 0 bridgehead atoms. The van der Waals surface area contributed by atoms with E-state index in [2.05, 4.69) is 0 Å². The number of alkyl halides is 2. The van der Waals surface area contributed by atoms with Crippen LogP contribution in [0, 0.1) is 0 Å². The third-order valence-corrected chi connectivity index (χ3v) is 4.80. The van der Waals surface area contributed by atoms with Gasteiger partial charge in [0.1, 0.15) is 5.54 Å². The molecule has 0 aliphatic carbocycles. The molecule has 1 aliphatic rings. The second-order valence-electron chi connectivity index (χ2n) is 4.56. The lowest BCUT2D eigenvalue weighted by atomic mass is 9.95. The highest BCUT2D eigenvalue weighted by molar-refractivity contribution is 7.90. The molecule has 1 aromatic carbocycles. The third-order valence-electron chi connectivity index (χ3n) is 3.28. The number of ketones is 1. The minimum Gasteiger partial charge on any atom is -0.323 e. The molecule has 1 amide bonds. The van der Waals surface area contributed by atoms with E-state index >= 15 is 0 Å². The lowest BCUT2D eigenvalue weighted by Gasteiger charge is -2.16. The molecule has 1 heterocycles. The summed E-state index contributed by atoms with van der Waals surface area (Å²) in [5.41, 5.74) is -0.681. The van der Waals surface area contributed by atoms with E-state index < -0.39 is 26.0 Å². The lowest BCUT2D eigenvalue weighted by Crippen LogP contribution is -2.31. The molecule has 1 atom stereocenters. The van der Waals surface area contributed by atoms with Gasteiger partial charge in [-0.25, -0.2) is 8.42 Å². The zero-order valence-corrected chi connectivity index (χ0v) is 12.7. The second-order valence-corrected chi connectivity index (χ2v) is 7.67. The first-order valence-corrected chi connectivity index (χ1v) is 8.35. The van der Waals surface area contributed by atoms with E-state index in [4.69, 9.17) is 23.2 Å². The Labute approximate surface area is 126 Å². The molecular formula is C12H11Cl2NO4S. The fourth-order valence-corrected chi connectivity index (χ4v) is 3.11. The average Bonchev–Trinajstić information content (AvgIpc) is 3.12. The monoisotopic (exact) mass is 335 g/mol. The summed E-state index contributed by atoms with van der Waals surface area (Å²) in [6.45, 7) is 0.184. The number of carbonyl (C=O) groups excluding carboxylic acids is 2. The summed E-state index contributed by atoms with van der Waals surface area (Å²) in [6.07, 6.45) is 1.63. The minimum atomic E-state index is -3.32. The number of hydrogen-bond acceptors (Lipinski definition) is 4. The number of amides is 1. The van der Waals surface area contributed by atoms with Crippen LogP contribution < -0.4 is 0 Å². The number of sulfone groups is 1. The van der Waals surface area contributed by atoms with Crippen LogP contribution in [0.25, 0.3) is 0 Å². The molecular weight excluding hydrogens is 325 g/mol. The van der Waals surface area contributed by atoms with Gasteiger partial charge in [0.2, 0.25) is 6.41 Å². The molecule has 0 spiro atoms. The number of benzene rings is 1. The topological polar surface area (TPSA) is 71.3 Å². The highest BCUT2D eigenvalue weighted by Gasteiger charge is 2.60. The number of rotatable bonds is 5. The molecule has 1 aliphatic heterocycles. The summed E-state index contributed by atoms with van der Waals surface area (Å²) in [7, 11) is -3.32. The van der Waals surface area contributed by atoms with Crippen LogP contribution in [-0.4, -0.2) is 43.1 Å². The van der Waals surface area contributed by atoms with Crippen molar-refractivity contribution in [3.8, 4) is 0 Å². The quantitative estimate of drug-likeness (QED) is 0.459. The Kier molecular flexibility index (Phi) is 3.83. The Hall–Kier alpha value is -1.11. The van der Waals surface area contributed by atoms with Crippen LogP contribution in [0.3, 0.4) is 0 Å². The molecule has 1 unspecified atom stereocenters. The van der Waals surface area contributed by atoms with Crippen LogP contribution in [0.1, 0.15) is 5.56 Å². The van der Waals surface area contributed by atoms with Crippen molar-refractivity contribution in [2.75, 3.05) is 12.8 Å². The predicted molar refractivity (Wildman–Crippen MR) is 74.5 cm³/mol. The van der Waals surface area contributed by atoms with Gasteiger partial charge in [0.05, 0.1) is 11.4 Å². The van der Waals surface area contributed by atoms with E-state index in [9.17, 15) is 18.0 Å². The maximum atomic E-state index is 12.1. The molecule has 1 saturated heterocycles. The summed E-state index contributed by atoms with van der Waals surface area (Å²) < 4.78 is 22.8. The molecule has 0 N–H and O–H groups in total. The fraction of sp³-hybridized carbons (Fsp3) is 0.333. The van der Waals surface area contributed by atoms with E-state index in [-0.39, 0.29) is 11.4 Å². The molecule has 108 valence electrons. The number of Topliss-reactive ketones (excluding diaryl/α,β-unsaturated/α-hetero) is 1. The van der Waals surface area contributed by atoms with E-state index in [1.807, 2.05) is 0 Å². The minimum absolute atomic E-state index is 0.135. The molecule has 5 nitrogen and oxygen atoms in total. The Balaban J connectivity index is 2.43. The Morgan fingerprint density at radius 3 is 2.25 bits per heavy atom. The molecule has 0 saturated carbocycles. The molecule has 0 aromatic heterocycles. The predicted octanol–water partition coefficient (Wildman–Crippen LogP) is 1.13. The first-order valence-electron chi connectivity index (χ1n) is 5.58. The van der Waals surface area contributed by atoms with Gasteiger partial charge in [-0.1, -0.05) is 35.3 Å². The number of nitrogens with zero attached hydrogens (tertiary/aromatic N) is 1. The van der Waals surface area contributed by atoms with Crippen LogP contribution >= 0.6 is 23.2 Å². The Bertz CT molecular complexity index is 657. The first-order chi connectivity index (χ1) is 9.23. The summed E-state index contributed by atoms with van der Waals surface area (Å²) in [6, 6.07) is 5.76. The van der Waals surface area contributed by atoms with Crippen molar-refractivity contribution in [1.82, 2.24) is 4.90 Å². The molecule has 1 fully saturated rings. The summed E-state index contributed by atoms with van der Waals surface area (Å²) >= 11 is 11.2. The largest absolute Gasteiger partial charge is 0.323 e. The van der Waals surface area contributed by atoms with Crippen molar-refractivity contribution in [1.29, 1.82) is 0 Å². The maximum absolute atomic E-state index is 12.1. The molecule has 0 radical (unpaired) electrons. The van der Waals surface area contributed by atoms with Crippen molar-refractivity contribution >= 4 is 45.2 Å². The van der Waals surface area contributed by atoms with Crippen LogP contribution in [0.15, 0.2) is 29.2 Å². The van der Waals surface area contributed by atoms with Gasteiger partial charge in [0.15, 0.2) is 20.5 Å². The van der Waals surface area contributed by atoms with Gasteiger partial charge in [-0.05, 0) is 17.7 Å². The van der Waals surface area contributed by atoms with Gasteiger partial charge in [0, 0.05) is 6.26 Å². The number of halogens is 2. The summed E-state index contributed by atoms with van der Waals surface area (Å²) in [4.78, 5) is 23.1. The van der Waals surface area contributed by atoms with Crippen molar-refractivity contribution in [3.05, 3.63) is 29.8 Å². The summed E-state index contributed by atoms with van der Waals surface area (Å²) in [5.74, 6) is -0.500. The normalized spacial score (nSPS) is 21.9. The number of carbonyl (C=O) groups is 2. The van der Waals surface area contributed by atoms with E-state index in [0.29, 0.717) is 12.0 Å². The zero-order chi connectivity index (χ0) is 15.1. The summed E-state index contributed by atoms with van der Waals surface area (Å²) in [5, 5.41) is 0. The van der Waals surface area contributed by atoms with Gasteiger partial charge in [0.25, 0.3) is 0 Å². The van der Waals surface area contributed by atoms with Crippen LogP contribution in [-0.2, 0) is 25.0 Å². The third kappa shape index (κ3) is 2.43. The van der Waals surface area contributed by atoms with Gasteiger partial charge in [-0.3, -0.25) is 9.59 Å². The van der Waals surface area contributed by atoms with Crippen LogP contribution in [0.2, 0.25) is 0 Å². The van der Waals surface area contributed by atoms with Crippen molar-refractivity contribution in [2.45, 2.75) is 15.3 Å². The molecule has 8 heteroatoms. The highest BCUT2D eigenvalue weighted by atomic mass is 35.5. The average molecular weight is 336 g/mol. The molecule has 2 rings (SSSR count). The van der Waals surface area contributed by atoms with Crippen LogP contribution in [0.5, 0.6) is 0 Å². The van der Waals surface area contributed by atoms with E-state index in [0.717, 1.165) is 6.26 Å². The molecule has 20 heavy (non-hydrogen) atoms. The second kappa shape index (κ2) is 5.02.